The summed E-state index contributed by atoms with van der Waals surface area (Å²) in [6.07, 6.45) is 6.88. The van der Waals surface area contributed by atoms with E-state index in [9.17, 15) is 4.79 Å². The molecule has 2 fully saturated rings. The van der Waals surface area contributed by atoms with Crippen LogP contribution in [0, 0.1) is 11.8 Å². The third-order valence-corrected chi connectivity index (χ3v) is 5.48. The highest BCUT2D eigenvalue weighted by molar-refractivity contribution is 9.11. The first-order chi connectivity index (χ1) is 9.69. The van der Waals surface area contributed by atoms with Crippen LogP contribution in [0.25, 0.3) is 0 Å². The highest BCUT2D eigenvalue weighted by atomic mass is 79.9. The van der Waals surface area contributed by atoms with Gasteiger partial charge in [0.1, 0.15) is 0 Å². The predicted octanol–water partition coefficient (Wildman–Crippen LogP) is 2.19. The Kier molecular flexibility index (Phi) is 4.32. The van der Waals surface area contributed by atoms with Gasteiger partial charge in [0.15, 0.2) is 11.4 Å². The summed E-state index contributed by atoms with van der Waals surface area (Å²) in [6.45, 7) is 1.54. The van der Waals surface area contributed by atoms with Crippen LogP contribution in [0.15, 0.2) is 10.6 Å². The van der Waals surface area contributed by atoms with Crippen molar-refractivity contribution < 1.29 is 19.4 Å². The molecule has 1 spiro atoms. The van der Waals surface area contributed by atoms with Crippen molar-refractivity contribution in [2.75, 3.05) is 19.8 Å². The summed E-state index contributed by atoms with van der Waals surface area (Å²) in [5, 5.41) is 8.72. The second kappa shape index (κ2) is 5.87. The van der Waals surface area contributed by atoms with E-state index >= 15 is 0 Å². The zero-order chi connectivity index (χ0) is 14.2. The fourth-order valence-electron chi connectivity index (χ4n) is 3.39. The van der Waals surface area contributed by atoms with Crippen LogP contribution in [-0.2, 0) is 14.3 Å². The lowest BCUT2D eigenvalue weighted by atomic mass is 9.66. The third-order valence-electron chi connectivity index (χ3n) is 4.66. The third kappa shape index (κ3) is 2.49. The number of carbonyl (C=O) groups excluding carboxylic acids is 1. The predicted molar refractivity (Wildman–Crippen MR) is 77.6 cm³/mol. The molecule has 20 heavy (non-hydrogen) atoms. The molecule has 4 atom stereocenters. The molecule has 0 amide bonds. The Bertz CT molecular complexity index is 416. The van der Waals surface area contributed by atoms with E-state index in [0.717, 1.165) is 36.6 Å². The summed E-state index contributed by atoms with van der Waals surface area (Å²) in [7, 11) is 0. The Morgan fingerprint density at radius 2 is 2.15 bits per heavy atom. The number of carbonyl (C=O) groups is 1. The molecule has 112 valence electrons. The van der Waals surface area contributed by atoms with Crippen molar-refractivity contribution in [3.8, 4) is 0 Å². The molecular formula is C15H21BrO4. The summed E-state index contributed by atoms with van der Waals surface area (Å²) < 4.78 is 12.5. The van der Waals surface area contributed by atoms with E-state index in [1.165, 1.54) is 0 Å². The second-order valence-electron chi connectivity index (χ2n) is 5.96. The van der Waals surface area contributed by atoms with Gasteiger partial charge in [-0.3, -0.25) is 4.79 Å². The molecule has 1 saturated heterocycles. The lowest BCUT2D eigenvalue weighted by molar-refractivity contribution is -0.140. The minimum atomic E-state index is -0.515. The first-order valence-corrected chi connectivity index (χ1v) is 8.26. The molecule has 4 nitrogen and oxygen atoms in total. The van der Waals surface area contributed by atoms with Crippen LogP contribution in [0.5, 0.6) is 0 Å². The lowest BCUT2D eigenvalue weighted by Gasteiger charge is -2.42. The normalized spacial score (nSPS) is 38.4. The Morgan fingerprint density at radius 3 is 2.85 bits per heavy atom. The standard InChI is InChI=1S/C15H21BrO4/c16-12-7-10-13(19-6-4-2-1-3-5-17)8-11(12)15(9-20-15)14(10)18/h7,10-11,13,17H,1-6,8-9H2/t10?,11-,13-,15-/m0/s1. The molecule has 4 rings (SSSR count). The van der Waals surface area contributed by atoms with Crippen molar-refractivity contribution in [3.63, 3.8) is 0 Å². The molecule has 0 radical (unpaired) electrons. The van der Waals surface area contributed by atoms with E-state index in [4.69, 9.17) is 14.6 Å². The number of ether oxygens (including phenoxy) is 2. The number of aliphatic hydroxyl groups excluding tert-OH is 1. The molecule has 2 bridgehead atoms. The van der Waals surface area contributed by atoms with Crippen molar-refractivity contribution in [2.24, 2.45) is 11.8 Å². The number of Topliss-reactive ketones (excluding diaryl/α,β-unsaturated/α-hetero) is 1. The van der Waals surface area contributed by atoms with Crippen LogP contribution in [-0.4, -0.2) is 42.4 Å². The van der Waals surface area contributed by atoms with Gasteiger partial charge in [0, 0.05) is 19.1 Å². The Morgan fingerprint density at radius 1 is 1.40 bits per heavy atom. The number of fused-ring (bicyclic) bond motifs is 1. The van der Waals surface area contributed by atoms with Crippen molar-refractivity contribution in [1.29, 1.82) is 0 Å². The molecule has 0 aromatic carbocycles. The lowest BCUT2D eigenvalue weighted by Crippen LogP contribution is -2.53. The molecule has 3 aliphatic carbocycles. The summed E-state index contributed by atoms with van der Waals surface area (Å²) in [4.78, 5) is 12.4. The summed E-state index contributed by atoms with van der Waals surface area (Å²) >= 11 is 3.58. The van der Waals surface area contributed by atoms with Crippen LogP contribution < -0.4 is 0 Å². The molecule has 0 aromatic rings. The minimum absolute atomic E-state index is 0.0152. The van der Waals surface area contributed by atoms with Gasteiger partial charge in [0.05, 0.1) is 18.6 Å². The molecule has 1 saturated carbocycles. The second-order valence-corrected chi connectivity index (χ2v) is 6.87. The average Bonchev–Trinajstić information content (AvgIpc) is 3.22. The van der Waals surface area contributed by atoms with Gasteiger partial charge in [-0.1, -0.05) is 34.8 Å². The molecule has 5 heteroatoms. The van der Waals surface area contributed by atoms with Gasteiger partial charge in [-0.25, -0.2) is 0 Å². The molecule has 4 aliphatic rings. The first kappa shape index (κ1) is 14.7. The quantitative estimate of drug-likeness (QED) is 0.568. The minimum Gasteiger partial charge on any atom is -0.396 e. The van der Waals surface area contributed by atoms with E-state index < -0.39 is 5.60 Å². The van der Waals surface area contributed by atoms with Crippen LogP contribution in [0.1, 0.15) is 32.1 Å². The van der Waals surface area contributed by atoms with Crippen LogP contribution >= 0.6 is 15.9 Å². The number of epoxide rings is 1. The monoisotopic (exact) mass is 344 g/mol. The largest absolute Gasteiger partial charge is 0.396 e. The summed E-state index contributed by atoms with van der Waals surface area (Å²) in [6, 6.07) is 0. The van der Waals surface area contributed by atoms with Gasteiger partial charge in [-0.05, 0) is 23.7 Å². The molecular weight excluding hydrogens is 324 g/mol. The van der Waals surface area contributed by atoms with Crippen LogP contribution in [0.2, 0.25) is 0 Å². The highest BCUT2D eigenvalue weighted by Gasteiger charge is 2.66. The maximum atomic E-state index is 12.4. The van der Waals surface area contributed by atoms with Gasteiger partial charge >= 0.3 is 0 Å². The van der Waals surface area contributed by atoms with Gasteiger partial charge < -0.3 is 14.6 Å². The van der Waals surface area contributed by atoms with Crippen molar-refractivity contribution in [2.45, 2.75) is 43.8 Å². The van der Waals surface area contributed by atoms with Gasteiger partial charge in [-0.15, -0.1) is 0 Å². The molecule has 1 N–H and O–H groups in total. The topological polar surface area (TPSA) is 59.1 Å². The van der Waals surface area contributed by atoms with Crippen LogP contribution in [0.4, 0.5) is 0 Å². The number of ketones is 1. The van der Waals surface area contributed by atoms with Gasteiger partial charge in [0.25, 0.3) is 0 Å². The first-order valence-electron chi connectivity index (χ1n) is 7.47. The molecule has 1 unspecified atom stereocenters. The number of unbranched alkanes of at least 4 members (excludes halogenated alkanes) is 3. The Balaban J connectivity index is 1.50. The van der Waals surface area contributed by atoms with Crippen molar-refractivity contribution >= 4 is 21.7 Å². The number of hydrogen-bond donors (Lipinski definition) is 1. The highest BCUT2D eigenvalue weighted by Crippen LogP contribution is 2.55. The number of hydrogen-bond acceptors (Lipinski definition) is 4. The number of halogens is 1. The SMILES string of the molecule is O=C1C2C=C(Br)[C@H](C[C@@H]2OCCCCCCO)[C@@]12CO2. The smallest absolute Gasteiger partial charge is 0.177 e. The molecule has 1 heterocycles. The number of rotatable bonds is 7. The summed E-state index contributed by atoms with van der Waals surface area (Å²) in [5.41, 5.74) is -0.515. The maximum Gasteiger partial charge on any atom is 0.177 e. The van der Waals surface area contributed by atoms with Crippen molar-refractivity contribution in [3.05, 3.63) is 10.6 Å². The van der Waals surface area contributed by atoms with Gasteiger partial charge in [-0.2, -0.15) is 0 Å². The molecule has 1 aliphatic heterocycles. The zero-order valence-electron chi connectivity index (χ0n) is 11.5. The number of aliphatic hydroxyl groups is 1. The average molecular weight is 345 g/mol. The fraction of sp³-hybridized carbons (Fsp3) is 0.800. The van der Waals surface area contributed by atoms with E-state index in [0.29, 0.717) is 13.2 Å². The Hall–Kier alpha value is -0.230. The van der Waals surface area contributed by atoms with E-state index in [1.807, 2.05) is 6.08 Å². The maximum absolute atomic E-state index is 12.4. The van der Waals surface area contributed by atoms with Gasteiger partial charge in [0.2, 0.25) is 0 Å². The van der Waals surface area contributed by atoms with E-state index in [2.05, 4.69) is 15.9 Å². The Labute approximate surface area is 127 Å². The van der Waals surface area contributed by atoms with Crippen molar-refractivity contribution in [1.82, 2.24) is 0 Å². The molecule has 0 aromatic heterocycles. The fourth-order valence-corrected chi connectivity index (χ4v) is 4.23. The summed E-state index contributed by atoms with van der Waals surface area (Å²) in [5.74, 6) is 0.218. The zero-order valence-corrected chi connectivity index (χ0v) is 13.1. The van der Waals surface area contributed by atoms with E-state index in [-0.39, 0.29) is 30.3 Å². The van der Waals surface area contributed by atoms with Crippen LogP contribution in [0.3, 0.4) is 0 Å². The van der Waals surface area contributed by atoms with E-state index in [1.54, 1.807) is 0 Å².